The maximum Gasteiger partial charge on any atom is 0.325 e. The highest BCUT2D eigenvalue weighted by atomic mass is 32.1. The van der Waals surface area contributed by atoms with Gasteiger partial charge in [-0.15, -0.1) is 11.3 Å². The van der Waals surface area contributed by atoms with Crippen LogP contribution in [0, 0.1) is 11.8 Å². The molecule has 4 heterocycles. The van der Waals surface area contributed by atoms with E-state index in [1.54, 1.807) is 29.8 Å². The van der Waals surface area contributed by atoms with Crippen molar-refractivity contribution in [3.63, 3.8) is 0 Å². The molecule has 0 unspecified atom stereocenters. The highest BCUT2D eigenvalue weighted by Crippen LogP contribution is 2.41. The van der Waals surface area contributed by atoms with Crippen LogP contribution in [0.5, 0.6) is 0 Å². The van der Waals surface area contributed by atoms with Gasteiger partial charge in [-0.3, -0.25) is 19.5 Å². The number of pyridine rings is 1. The third-order valence-corrected chi connectivity index (χ3v) is 7.80. The van der Waals surface area contributed by atoms with E-state index in [0.717, 1.165) is 11.3 Å². The number of nitrogens with zero attached hydrogens (tertiary/aromatic N) is 3. The predicted octanol–water partition coefficient (Wildman–Crippen LogP) is 3.42. The SMILES string of the molecule is CC[C@H](C)C(=O)N1CCC([C@]2(c3cccnc3)NC(=O)N(CCc3cccs3)C2=O)CC1. The third-order valence-electron chi connectivity index (χ3n) is 6.86. The van der Waals surface area contributed by atoms with Crippen molar-refractivity contribution in [2.75, 3.05) is 19.6 Å². The largest absolute Gasteiger partial charge is 0.342 e. The molecule has 2 fully saturated rings. The Hall–Kier alpha value is -2.74. The standard InChI is InChI=1S/C24H30N4O3S/c1-3-17(2)21(29)27-12-8-18(9-13-27)24(19-6-4-11-25-16-19)22(30)28(23(31)26-24)14-10-20-7-5-15-32-20/h4-7,11,15-18H,3,8-10,12-14H2,1-2H3,(H,26,31)/t17-,24+/m0/s1. The first-order chi connectivity index (χ1) is 15.5. The topological polar surface area (TPSA) is 82.6 Å². The van der Waals surface area contributed by atoms with Gasteiger partial charge in [-0.25, -0.2) is 4.79 Å². The summed E-state index contributed by atoms with van der Waals surface area (Å²) in [5, 5.41) is 5.05. The molecule has 2 aliphatic heterocycles. The van der Waals surface area contributed by atoms with Gasteiger partial charge in [-0.1, -0.05) is 26.0 Å². The second kappa shape index (κ2) is 9.40. The van der Waals surface area contributed by atoms with E-state index in [0.29, 0.717) is 44.5 Å². The molecule has 2 aromatic heterocycles. The van der Waals surface area contributed by atoms with Crippen LogP contribution < -0.4 is 5.32 Å². The van der Waals surface area contributed by atoms with Crippen LogP contribution in [0.15, 0.2) is 42.0 Å². The summed E-state index contributed by atoms with van der Waals surface area (Å²) in [6.45, 7) is 5.50. The van der Waals surface area contributed by atoms with E-state index in [1.165, 1.54) is 4.90 Å². The highest BCUT2D eigenvalue weighted by molar-refractivity contribution is 7.09. The molecular formula is C24H30N4O3S. The Kier molecular flexibility index (Phi) is 6.60. The normalized spacial score (nSPS) is 22.8. The van der Waals surface area contributed by atoms with Crippen molar-refractivity contribution >= 4 is 29.2 Å². The minimum Gasteiger partial charge on any atom is -0.342 e. The first-order valence-electron chi connectivity index (χ1n) is 11.3. The molecule has 0 saturated carbocycles. The average Bonchev–Trinajstić information content (AvgIpc) is 3.44. The summed E-state index contributed by atoms with van der Waals surface area (Å²) in [6, 6.07) is 7.30. The lowest BCUT2D eigenvalue weighted by molar-refractivity contribution is -0.138. The number of rotatable bonds is 7. The summed E-state index contributed by atoms with van der Waals surface area (Å²) in [5.41, 5.74) is -0.421. The number of hydrogen-bond donors (Lipinski definition) is 1. The van der Waals surface area contributed by atoms with Gasteiger partial charge < -0.3 is 10.2 Å². The second-order valence-electron chi connectivity index (χ2n) is 8.67. The monoisotopic (exact) mass is 454 g/mol. The summed E-state index contributed by atoms with van der Waals surface area (Å²) in [6.07, 6.45) is 6.11. The van der Waals surface area contributed by atoms with Gasteiger partial charge in [0.05, 0.1) is 0 Å². The molecule has 2 atom stereocenters. The maximum absolute atomic E-state index is 13.8. The fraction of sp³-hybridized carbons (Fsp3) is 0.500. The van der Waals surface area contributed by atoms with E-state index < -0.39 is 5.54 Å². The molecule has 8 heteroatoms. The Bertz CT molecular complexity index is 957. The molecule has 2 saturated heterocycles. The zero-order chi connectivity index (χ0) is 22.7. The molecule has 7 nitrogen and oxygen atoms in total. The molecule has 32 heavy (non-hydrogen) atoms. The van der Waals surface area contributed by atoms with Crippen molar-refractivity contribution in [2.45, 2.75) is 45.1 Å². The van der Waals surface area contributed by atoms with Crippen molar-refractivity contribution in [1.29, 1.82) is 0 Å². The van der Waals surface area contributed by atoms with Crippen LogP contribution in [-0.4, -0.2) is 52.3 Å². The van der Waals surface area contributed by atoms with Crippen LogP contribution in [0.2, 0.25) is 0 Å². The van der Waals surface area contributed by atoms with Crippen molar-refractivity contribution in [3.8, 4) is 0 Å². The smallest absolute Gasteiger partial charge is 0.325 e. The van der Waals surface area contributed by atoms with Crippen molar-refractivity contribution in [1.82, 2.24) is 20.1 Å². The van der Waals surface area contributed by atoms with E-state index in [9.17, 15) is 14.4 Å². The van der Waals surface area contributed by atoms with Crippen LogP contribution in [0.4, 0.5) is 4.79 Å². The number of nitrogens with one attached hydrogen (secondary N) is 1. The van der Waals surface area contributed by atoms with Crippen LogP contribution >= 0.6 is 11.3 Å². The number of aromatic nitrogens is 1. The van der Waals surface area contributed by atoms with Crippen LogP contribution in [-0.2, 0) is 21.5 Å². The molecule has 1 N–H and O–H groups in total. The molecule has 2 aromatic rings. The Morgan fingerprint density at radius 1 is 1.28 bits per heavy atom. The Labute approximate surface area is 192 Å². The van der Waals surface area contributed by atoms with Gasteiger partial charge in [0.15, 0.2) is 5.54 Å². The van der Waals surface area contributed by atoms with Crippen molar-refractivity contribution in [2.24, 2.45) is 11.8 Å². The molecule has 4 amide bonds. The van der Waals surface area contributed by atoms with E-state index in [-0.39, 0.29) is 29.7 Å². The zero-order valence-corrected chi connectivity index (χ0v) is 19.4. The lowest BCUT2D eigenvalue weighted by Crippen LogP contribution is -2.54. The van der Waals surface area contributed by atoms with Gasteiger partial charge in [-0.2, -0.15) is 0 Å². The first-order valence-corrected chi connectivity index (χ1v) is 12.2. The minimum atomic E-state index is -1.13. The van der Waals surface area contributed by atoms with Gasteiger partial charge in [-0.05, 0) is 49.1 Å². The van der Waals surface area contributed by atoms with E-state index in [4.69, 9.17) is 0 Å². The Morgan fingerprint density at radius 2 is 2.06 bits per heavy atom. The van der Waals surface area contributed by atoms with Gasteiger partial charge in [0.25, 0.3) is 5.91 Å². The zero-order valence-electron chi connectivity index (χ0n) is 18.6. The summed E-state index contributed by atoms with van der Waals surface area (Å²) in [4.78, 5) is 48.1. The fourth-order valence-corrected chi connectivity index (χ4v) is 5.50. The first kappa shape index (κ1) is 22.5. The lowest BCUT2D eigenvalue weighted by Gasteiger charge is -2.41. The second-order valence-corrected chi connectivity index (χ2v) is 9.71. The lowest BCUT2D eigenvalue weighted by atomic mass is 9.73. The highest BCUT2D eigenvalue weighted by Gasteiger charge is 2.57. The van der Waals surface area contributed by atoms with Crippen molar-refractivity contribution < 1.29 is 14.4 Å². The molecule has 2 aliphatic rings. The molecule has 0 radical (unpaired) electrons. The molecule has 0 aromatic carbocycles. The number of carbonyl (C=O) groups is 3. The van der Waals surface area contributed by atoms with E-state index in [1.807, 2.05) is 42.3 Å². The molecule has 0 aliphatic carbocycles. The third kappa shape index (κ3) is 4.03. The number of carbonyl (C=O) groups excluding carboxylic acids is 3. The molecule has 0 bridgehead atoms. The van der Waals surface area contributed by atoms with Gasteiger partial charge in [0, 0.05) is 48.4 Å². The molecule has 170 valence electrons. The summed E-state index contributed by atoms with van der Waals surface area (Å²) >= 11 is 1.62. The molecule has 4 rings (SSSR count). The number of piperidine rings is 1. The summed E-state index contributed by atoms with van der Waals surface area (Å²) in [5.74, 6) is -0.144. The quantitative estimate of drug-likeness (QED) is 0.650. The summed E-state index contributed by atoms with van der Waals surface area (Å²) in [7, 11) is 0. The van der Waals surface area contributed by atoms with Crippen LogP contribution in [0.25, 0.3) is 0 Å². The number of hydrogen-bond acceptors (Lipinski definition) is 5. The predicted molar refractivity (Wildman–Crippen MR) is 123 cm³/mol. The number of amides is 4. The van der Waals surface area contributed by atoms with Crippen molar-refractivity contribution in [3.05, 3.63) is 52.5 Å². The van der Waals surface area contributed by atoms with Gasteiger partial charge >= 0.3 is 6.03 Å². The maximum atomic E-state index is 13.8. The van der Waals surface area contributed by atoms with Gasteiger partial charge in [0.2, 0.25) is 5.91 Å². The summed E-state index contributed by atoms with van der Waals surface area (Å²) < 4.78 is 0. The molecule has 0 spiro atoms. The van der Waals surface area contributed by atoms with Gasteiger partial charge in [0.1, 0.15) is 0 Å². The minimum absolute atomic E-state index is 0.000563. The Morgan fingerprint density at radius 3 is 2.69 bits per heavy atom. The fourth-order valence-electron chi connectivity index (χ4n) is 4.80. The molecular weight excluding hydrogens is 424 g/mol. The van der Waals surface area contributed by atoms with Crippen LogP contribution in [0.3, 0.4) is 0 Å². The van der Waals surface area contributed by atoms with Crippen LogP contribution in [0.1, 0.15) is 43.6 Å². The number of likely N-dealkylation sites (tertiary alicyclic amines) is 1. The number of thiophene rings is 1. The Balaban J connectivity index is 1.57. The average molecular weight is 455 g/mol. The number of urea groups is 1. The van der Waals surface area contributed by atoms with E-state index >= 15 is 0 Å². The van der Waals surface area contributed by atoms with E-state index in [2.05, 4.69) is 10.3 Å². The number of imide groups is 1.